The summed E-state index contributed by atoms with van der Waals surface area (Å²) >= 11 is 0. The Kier molecular flexibility index (Phi) is 8.63. The summed E-state index contributed by atoms with van der Waals surface area (Å²) in [6.45, 7) is 0.881. The van der Waals surface area contributed by atoms with E-state index in [2.05, 4.69) is 25.6 Å². The maximum absolute atomic E-state index is 12.2. The molecule has 3 heterocycles. The molecule has 0 radical (unpaired) electrons. The number of rotatable bonds is 11. The van der Waals surface area contributed by atoms with Gasteiger partial charge in [-0.25, -0.2) is 14.8 Å². The van der Waals surface area contributed by atoms with Crippen molar-refractivity contribution in [2.75, 3.05) is 13.1 Å². The average Bonchev–Trinajstić information content (AvgIpc) is 3.48. The molecule has 4 N–H and O–H groups in total. The van der Waals surface area contributed by atoms with Crippen LogP contribution in [-0.4, -0.2) is 67.0 Å². The molecule has 2 amide bonds. The molecule has 2 aromatic heterocycles. The van der Waals surface area contributed by atoms with Crippen molar-refractivity contribution >= 4 is 23.2 Å². The molecule has 0 saturated carbocycles. The number of nitrogens with one attached hydrogen (secondary N) is 2. The minimum absolute atomic E-state index is 0.129. The van der Waals surface area contributed by atoms with Gasteiger partial charge in [-0.15, -0.1) is 0 Å². The van der Waals surface area contributed by atoms with Crippen molar-refractivity contribution in [3.63, 3.8) is 0 Å². The van der Waals surface area contributed by atoms with Gasteiger partial charge in [0.05, 0.1) is 12.4 Å². The highest BCUT2D eigenvalue weighted by molar-refractivity contribution is 5.76. The van der Waals surface area contributed by atoms with Gasteiger partial charge in [-0.2, -0.15) is 4.98 Å². The molecule has 1 aliphatic rings. The maximum Gasteiger partial charge on any atom is 0.407 e. The number of alkyl carbamates (subject to hydrolysis) is 1. The topological polar surface area (TPSA) is 161 Å². The number of unbranched alkanes of at least 4 members (excludes halogenated alkanes) is 2. The Morgan fingerprint density at radius 1 is 1.11 bits per heavy atom. The lowest BCUT2D eigenvalue weighted by molar-refractivity contribution is -0.122. The van der Waals surface area contributed by atoms with Crippen molar-refractivity contribution in [3.05, 3.63) is 48.5 Å². The molecular weight excluding hydrogens is 468 g/mol. The number of fused-ring (bicyclic) bond motifs is 1. The zero-order valence-electron chi connectivity index (χ0n) is 19.7. The predicted octanol–water partition coefficient (Wildman–Crippen LogP) is 1.78. The van der Waals surface area contributed by atoms with Crippen molar-refractivity contribution < 1.29 is 29.3 Å². The summed E-state index contributed by atoms with van der Waals surface area (Å²) in [5.74, 6) is -0.352. The van der Waals surface area contributed by atoms with Crippen LogP contribution in [0.15, 0.2) is 43.0 Å². The number of nitrogens with zero attached hydrogens (tertiary/aromatic N) is 4. The number of aromatic nitrogens is 4. The largest absolute Gasteiger partial charge is 0.492 e. The smallest absolute Gasteiger partial charge is 0.407 e. The summed E-state index contributed by atoms with van der Waals surface area (Å²) in [5.41, 5.74) is 1.59. The first kappa shape index (κ1) is 25.3. The van der Waals surface area contributed by atoms with E-state index in [1.807, 2.05) is 30.3 Å². The normalized spacial score (nSPS) is 19.3. The first-order chi connectivity index (χ1) is 17.5. The maximum atomic E-state index is 12.2. The Bertz CT molecular complexity index is 1160. The average molecular weight is 499 g/mol. The number of carbonyl (C=O) groups is 2. The number of imidazole rings is 1. The summed E-state index contributed by atoms with van der Waals surface area (Å²) in [6.07, 6.45) is 3.22. The Morgan fingerprint density at radius 3 is 2.78 bits per heavy atom. The van der Waals surface area contributed by atoms with Gasteiger partial charge in [-0.3, -0.25) is 9.36 Å². The molecule has 0 aliphatic carbocycles. The molecule has 3 aromatic rings. The number of aliphatic hydroxyl groups excluding tert-OH is 1. The van der Waals surface area contributed by atoms with E-state index in [1.54, 1.807) is 4.57 Å². The van der Waals surface area contributed by atoms with Gasteiger partial charge in [0.2, 0.25) is 11.8 Å². The van der Waals surface area contributed by atoms with Crippen molar-refractivity contribution in [2.45, 2.75) is 57.1 Å². The van der Waals surface area contributed by atoms with Gasteiger partial charge in [0.15, 0.2) is 11.2 Å². The third-order valence-corrected chi connectivity index (χ3v) is 5.92. The Balaban J connectivity index is 1.08. The van der Waals surface area contributed by atoms with Crippen LogP contribution in [-0.2, 0) is 20.9 Å². The van der Waals surface area contributed by atoms with E-state index in [4.69, 9.17) is 9.47 Å². The summed E-state index contributed by atoms with van der Waals surface area (Å²) in [7, 11) is 0. The van der Waals surface area contributed by atoms with E-state index in [-0.39, 0.29) is 30.5 Å². The van der Waals surface area contributed by atoms with E-state index in [9.17, 15) is 19.8 Å². The molecule has 12 nitrogen and oxygen atoms in total. The fourth-order valence-electron chi connectivity index (χ4n) is 3.97. The van der Waals surface area contributed by atoms with Crippen molar-refractivity contribution in [1.29, 1.82) is 0 Å². The molecule has 12 heteroatoms. The molecule has 36 heavy (non-hydrogen) atoms. The van der Waals surface area contributed by atoms with Gasteiger partial charge in [-0.1, -0.05) is 36.8 Å². The zero-order valence-corrected chi connectivity index (χ0v) is 19.7. The predicted molar refractivity (Wildman–Crippen MR) is 128 cm³/mol. The Labute approximate surface area is 207 Å². The van der Waals surface area contributed by atoms with Gasteiger partial charge in [0.1, 0.15) is 25.3 Å². The zero-order chi connectivity index (χ0) is 25.3. The van der Waals surface area contributed by atoms with E-state index in [0.717, 1.165) is 18.4 Å². The highest BCUT2D eigenvalue weighted by Crippen LogP contribution is 2.31. The molecule has 0 spiro atoms. The summed E-state index contributed by atoms with van der Waals surface area (Å²) in [5, 5.41) is 25.7. The van der Waals surface area contributed by atoms with E-state index in [1.165, 1.54) is 12.7 Å². The first-order valence-corrected chi connectivity index (χ1v) is 11.9. The van der Waals surface area contributed by atoms with Gasteiger partial charge in [0, 0.05) is 25.9 Å². The quantitative estimate of drug-likeness (QED) is 0.289. The van der Waals surface area contributed by atoms with Crippen LogP contribution < -0.4 is 10.6 Å². The molecule has 3 atom stereocenters. The van der Waals surface area contributed by atoms with Gasteiger partial charge in [0.25, 0.3) is 0 Å². The lowest BCUT2D eigenvalue weighted by Gasteiger charge is -2.16. The Morgan fingerprint density at radius 2 is 1.94 bits per heavy atom. The highest BCUT2D eigenvalue weighted by atomic mass is 16.5. The minimum atomic E-state index is -0.768. The van der Waals surface area contributed by atoms with Crippen LogP contribution in [0.1, 0.15) is 43.9 Å². The number of aliphatic hydroxyl groups is 1. The Hall–Kier alpha value is -3.77. The number of aromatic hydroxyl groups is 1. The lowest BCUT2D eigenvalue weighted by atomic mass is 10.1. The number of hydrogen-bond donors (Lipinski definition) is 4. The third-order valence-electron chi connectivity index (χ3n) is 5.92. The number of amides is 2. The van der Waals surface area contributed by atoms with Gasteiger partial charge in [-0.05, 0) is 18.4 Å². The fraction of sp³-hybridized carbons (Fsp3) is 0.458. The molecule has 1 aliphatic heterocycles. The number of ether oxygens (including phenoxy) is 2. The molecule has 0 bridgehead atoms. The van der Waals surface area contributed by atoms with Crippen LogP contribution in [0.2, 0.25) is 0 Å². The highest BCUT2D eigenvalue weighted by Gasteiger charge is 2.36. The van der Waals surface area contributed by atoms with Gasteiger partial charge < -0.3 is 30.3 Å². The molecule has 192 valence electrons. The number of carbonyl (C=O) groups excluding carboxylic acids is 2. The van der Waals surface area contributed by atoms with Crippen LogP contribution in [0.3, 0.4) is 0 Å². The minimum Gasteiger partial charge on any atom is -0.492 e. The molecule has 1 aromatic carbocycles. The molecular formula is C24H30N6O6. The first-order valence-electron chi connectivity index (χ1n) is 11.9. The monoisotopic (exact) mass is 498 g/mol. The molecule has 1 saturated heterocycles. The van der Waals surface area contributed by atoms with E-state index >= 15 is 0 Å². The second-order valence-electron chi connectivity index (χ2n) is 8.56. The molecule has 1 fully saturated rings. The van der Waals surface area contributed by atoms with Crippen LogP contribution in [0, 0.1) is 0 Å². The molecule has 4 rings (SSSR count). The SMILES string of the molecule is O=C(CCCCCNC(=O)OCc1ccccc1)NC[C@H]1O[C@@H](n2cnc3c(O)ncnc32)C[C@@H]1O. The number of benzene rings is 1. The standard InChI is InChI=1S/C24H30N6O6/c31-17-11-20(30-15-29-21-22(30)27-14-28-23(21)33)36-18(17)12-26-19(32)9-5-2-6-10-25-24(34)35-13-16-7-3-1-4-8-16/h1,3-4,7-8,14-15,17-18,20,31H,2,5-6,9-13H2,(H,25,34)(H,26,32)(H,27,28,33)/t17-,18+,20+/m0/s1. The summed E-state index contributed by atoms with van der Waals surface area (Å²) in [4.78, 5) is 35.8. The van der Waals surface area contributed by atoms with Crippen molar-refractivity contribution in [1.82, 2.24) is 30.2 Å². The third kappa shape index (κ3) is 6.67. The van der Waals surface area contributed by atoms with E-state index < -0.39 is 24.5 Å². The van der Waals surface area contributed by atoms with Gasteiger partial charge >= 0.3 is 6.09 Å². The van der Waals surface area contributed by atoms with Crippen molar-refractivity contribution in [3.8, 4) is 5.88 Å². The second-order valence-corrected chi connectivity index (χ2v) is 8.56. The lowest BCUT2D eigenvalue weighted by Crippen LogP contribution is -2.37. The molecule has 0 unspecified atom stereocenters. The summed E-state index contributed by atoms with van der Waals surface area (Å²) < 4.78 is 12.7. The summed E-state index contributed by atoms with van der Waals surface area (Å²) in [6, 6.07) is 9.45. The second kappa shape index (κ2) is 12.3. The van der Waals surface area contributed by atoms with Crippen LogP contribution in [0.5, 0.6) is 5.88 Å². The number of hydrogen-bond acceptors (Lipinski definition) is 9. The van der Waals surface area contributed by atoms with Crippen LogP contribution >= 0.6 is 0 Å². The van der Waals surface area contributed by atoms with E-state index in [0.29, 0.717) is 31.5 Å². The van der Waals surface area contributed by atoms with Crippen LogP contribution in [0.4, 0.5) is 4.79 Å². The van der Waals surface area contributed by atoms with Crippen molar-refractivity contribution in [2.24, 2.45) is 0 Å². The van der Waals surface area contributed by atoms with Crippen LogP contribution in [0.25, 0.3) is 11.2 Å². The fourth-order valence-corrected chi connectivity index (χ4v) is 3.97.